The molecule has 0 aliphatic carbocycles. The van der Waals surface area contributed by atoms with Crippen LogP contribution in [0.5, 0.6) is 0 Å². The van der Waals surface area contributed by atoms with Gasteiger partial charge < -0.3 is 4.74 Å². The Morgan fingerprint density at radius 3 is 2.62 bits per heavy atom. The minimum atomic E-state index is -4.83. The maximum absolute atomic E-state index is 12.6. The van der Waals surface area contributed by atoms with Crippen LogP contribution in [0.3, 0.4) is 0 Å². The van der Waals surface area contributed by atoms with Crippen LogP contribution in [-0.2, 0) is 10.9 Å². The highest BCUT2D eigenvalue weighted by Gasteiger charge is 2.39. The van der Waals surface area contributed by atoms with Gasteiger partial charge in [-0.25, -0.2) is 9.78 Å². The van der Waals surface area contributed by atoms with Crippen LogP contribution in [0.4, 0.5) is 13.2 Å². The van der Waals surface area contributed by atoms with E-state index in [1.807, 2.05) is 0 Å². The Kier molecular flexibility index (Phi) is 3.13. The third-order valence-electron chi connectivity index (χ3n) is 1.75. The molecule has 1 aromatic rings. The van der Waals surface area contributed by atoms with Gasteiger partial charge in [0.2, 0.25) is 0 Å². The number of rotatable bonds is 1. The standard InChI is InChI=1S/C9H5F3N2O2/c1-16-8(15)5-2-3-14-6(4-13)7(5)9(10,11)12/h2-3H,1H3. The van der Waals surface area contributed by atoms with E-state index in [1.165, 1.54) is 6.07 Å². The first-order valence-electron chi connectivity index (χ1n) is 3.96. The zero-order chi connectivity index (χ0) is 12.3. The van der Waals surface area contributed by atoms with Gasteiger partial charge in [0.05, 0.1) is 12.7 Å². The number of carbonyl (C=O) groups is 1. The fourth-order valence-corrected chi connectivity index (χ4v) is 1.11. The van der Waals surface area contributed by atoms with Gasteiger partial charge in [-0.05, 0) is 6.07 Å². The number of aromatic nitrogens is 1. The minimum Gasteiger partial charge on any atom is -0.465 e. The normalized spacial score (nSPS) is 10.7. The van der Waals surface area contributed by atoms with Crippen molar-refractivity contribution in [1.29, 1.82) is 5.26 Å². The quantitative estimate of drug-likeness (QED) is 0.689. The van der Waals surface area contributed by atoms with Gasteiger partial charge in [0, 0.05) is 6.20 Å². The topological polar surface area (TPSA) is 63.0 Å². The van der Waals surface area contributed by atoms with Crippen molar-refractivity contribution in [3.63, 3.8) is 0 Å². The van der Waals surface area contributed by atoms with Gasteiger partial charge in [0.15, 0.2) is 5.69 Å². The number of methoxy groups -OCH3 is 1. The van der Waals surface area contributed by atoms with Gasteiger partial charge in [0.1, 0.15) is 11.6 Å². The Morgan fingerprint density at radius 2 is 2.19 bits per heavy atom. The van der Waals surface area contributed by atoms with Crippen molar-refractivity contribution in [2.75, 3.05) is 7.11 Å². The highest BCUT2D eigenvalue weighted by molar-refractivity contribution is 5.91. The van der Waals surface area contributed by atoms with Crippen LogP contribution in [0, 0.1) is 11.3 Å². The maximum atomic E-state index is 12.6. The summed E-state index contributed by atoms with van der Waals surface area (Å²) < 4.78 is 42.0. The monoisotopic (exact) mass is 230 g/mol. The summed E-state index contributed by atoms with van der Waals surface area (Å²) in [4.78, 5) is 14.3. The Labute approximate surface area is 88.3 Å². The zero-order valence-corrected chi connectivity index (χ0v) is 8.00. The van der Waals surface area contributed by atoms with Crippen molar-refractivity contribution in [2.45, 2.75) is 6.18 Å². The molecule has 0 fully saturated rings. The highest BCUT2D eigenvalue weighted by Crippen LogP contribution is 2.33. The summed E-state index contributed by atoms with van der Waals surface area (Å²) >= 11 is 0. The van der Waals surface area contributed by atoms with Crippen LogP contribution in [0.2, 0.25) is 0 Å². The molecule has 0 aliphatic heterocycles. The van der Waals surface area contributed by atoms with Crippen LogP contribution in [0.25, 0.3) is 0 Å². The molecule has 0 bridgehead atoms. The average Bonchev–Trinajstić information content (AvgIpc) is 2.25. The minimum absolute atomic E-state index is 0.721. The lowest BCUT2D eigenvalue weighted by molar-refractivity contribution is -0.138. The maximum Gasteiger partial charge on any atom is 0.420 e. The van der Waals surface area contributed by atoms with E-state index in [4.69, 9.17) is 5.26 Å². The van der Waals surface area contributed by atoms with Crippen LogP contribution < -0.4 is 0 Å². The first kappa shape index (κ1) is 12.0. The van der Waals surface area contributed by atoms with Gasteiger partial charge in [-0.2, -0.15) is 18.4 Å². The van der Waals surface area contributed by atoms with Crippen LogP contribution in [-0.4, -0.2) is 18.1 Å². The lowest BCUT2D eigenvalue weighted by atomic mass is 10.1. The number of carbonyl (C=O) groups excluding carboxylic acids is 1. The van der Waals surface area contributed by atoms with E-state index in [1.54, 1.807) is 0 Å². The zero-order valence-electron chi connectivity index (χ0n) is 8.00. The lowest BCUT2D eigenvalue weighted by Gasteiger charge is -2.11. The number of halogens is 3. The predicted octanol–water partition coefficient (Wildman–Crippen LogP) is 1.76. The summed E-state index contributed by atoms with van der Waals surface area (Å²) in [6, 6.07) is 2.14. The molecule has 7 heteroatoms. The Balaban J connectivity index is 3.52. The third kappa shape index (κ3) is 2.11. The second-order valence-electron chi connectivity index (χ2n) is 2.68. The van der Waals surface area contributed by atoms with E-state index < -0.39 is 29.0 Å². The Morgan fingerprint density at radius 1 is 1.56 bits per heavy atom. The molecular weight excluding hydrogens is 225 g/mol. The largest absolute Gasteiger partial charge is 0.465 e. The fraction of sp³-hybridized carbons (Fsp3) is 0.222. The number of alkyl halides is 3. The van der Waals surface area contributed by atoms with Crippen molar-refractivity contribution in [3.05, 3.63) is 29.1 Å². The number of hydrogen-bond donors (Lipinski definition) is 0. The molecule has 0 atom stereocenters. The first-order chi connectivity index (χ1) is 7.41. The summed E-state index contributed by atoms with van der Waals surface area (Å²) in [6.45, 7) is 0. The highest BCUT2D eigenvalue weighted by atomic mass is 19.4. The Hall–Kier alpha value is -2.10. The molecule has 0 unspecified atom stereocenters. The average molecular weight is 230 g/mol. The van der Waals surface area contributed by atoms with E-state index in [0.717, 1.165) is 19.4 Å². The van der Waals surface area contributed by atoms with E-state index in [0.29, 0.717) is 0 Å². The van der Waals surface area contributed by atoms with Crippen molar-refractivity contribution < 1.29 is 22.7 Å². The SMILES string of the molecule is COC(=O)c1ccnc(C#N)c1C(F)(F)F. The van der Waals surface area contributed by atoms with Gasteiger partial charge >= 0.3 is 12.1 Å². The molecule has 0 radical (unpaired) electrons. The summed E-state index contributed by atoms with van der Waals surface area (Å²) in [5.41, 5.74) is -2.94. The van der Waals surface area contributed by atoms with E-state index in [-0.39, 0.29) is 0 Å². The van der Waals surface area contributed by atoms with E-state index in [9.17, 15) is 18.0 Å². The molecule has 16 heavy (non-hydrogen) atoms. The summed E-state index contributed by atoms with van der Waals surface area (Å²) in [5, 5.41) is 8.50. The van der Waals surface area contributed by atoms with Crippen LogP contribution in [0.15, 0.2) is 12.3 Å². The van der Waals surface area contributed by atoms with E-state index in [2.05, 4.69) is 9.72 Å². The van der Waals surface area contributed by atoms with Crippen molar-refractivity contribution in [1.82, 2.24) is 4.98 Å². The lowest BCUT2D eigenvalue weighted by Crippen LogP contribution is -2.17. The second-order valence-corrected chi connectivity index (χ2v) is 2.68. The molecule has 1 aromatic heterocycles. The van der Waals surface area contributed by atoms with Gasteiger partial charge in [-0.15, -0.1) is 0 Å². The number of pyridine rings is 1. The predicted molar refractivity (Wildman–Crippen MR) is 45.3 cm³/mol. The summed E-state index contributed by atoms with van der Waals surface area (Å²) in [6.07, 6.45) is -3.89. The number of nitrogens with zero attached hydrogens (tertiary/aromatic N) is 2. The molecular formula is C9H5F3N2O2. The van der Waals surface area contributed by atoms with E-state index >= 15 is 0 Å². The first-order valence-corrected chi connectivity index (χ1v) is 3.96. The summed E-state index contributed by atoms with van der Waals surface area (Å²) in [5.74, 6) is -1.16. The number of esters is 1. The molecule has 0 N–H and O–H groups in total. The second kappa shape index (κ2) is 4.18. The van der Waals surface area contributed by atoms with Crippen LogP contribution in [0.1, 0.15) is 21.6 Å². The van der Waals surface area contributed by atoms with Crippen molar-refractivity contribution in [2.24, 2.45) is 0 Å². The van der Waals surface area contributed by atoms with Crippen molar-refractivity contribution in [3.8, 4) is 6.07 Å². The summed E-state index contributed by atoms with van der Waals surface area (Å²) in [7, 11) is 0.953. The molecule has 1 heterocycles. The van der Waals surface area contributed by atoms with Crippen molar-refractivity contribution >= 4 is 5.97 Å². The molecule has 1 rings (SSSR count). The molecule has 0 aliphatic rings. The van der Waals surface area contributed by atoms with Gasteiger partial charge in [-0.3, -0.25) is 0 Å². The molecule has 84 valence electrons. The molecule has 0 amide bonds. The number of hydrogen-bond acceptors (Lipinski definition) is 4. The Bertz CT molecular complexity index is 463. The number of nitriles is 1. The van der Waals surface area contributed by atoms with Gasteiger partial charge in [-0.1, -0.05) is 0 Å². The molecule has 0 saturated heterocycles. The molecule has 4 nitrogen and oxygen atoms in total. The third-order valence-corrected chi connectivity index (χ3v) is 1.75. The van der Waals surface area contributed by atoms with Gasteiger partial charge in [0.25, 0.3) is 0 Å². The molecule has 0 spiro atoms. The molecule has 0 saturated carbocycles. The number of ether oxygens (including phenoxy) is 1. The smallest absolute Gasteiger partial charge is 0.420 e. The molecule has 0 aromatic carbocycles. The van der Waals surface area contributed by atoms with Crippen LogP contribution >= 0.6 is 0 Å². The fourth-order valence-electron chi connectivity index (χ4n) is 1.11.